The van der Waals surface area contributed by atoms with Crippen LogP contribution in [0.5, 0.6) is 0 Å². The summed E-state index contributed by atoms with van der Waals surface area (Å²) < 4.78 is 0. The molecule has 0 heteroatoms. The molecule has 310 valence electrons. The Morgan fingerprint density at radius 2 is 0.612 bits per heavy atom. The SMILES string of the molecule is c1ccc(C2(c3ccccc3)c3c(cc(-c4c5ccccc5c(-c5ccc(-c6cccc7ccccc67)cc5)c5ccccc45)c4ccccc34)-c3c2c2ccccc2c2ccccc32)cc1. The van der Waals surface area contributed by atoms with Crippen LogP contribution in [0.2, 0.25) is 0 Å². The van der Waals surface area contributed by atoms with Crippen molar-refractivity contribution in [1.82, 2.24) is 0 Å². The quantitative estimate of drug-likeness (QED) is 0.120. The highest BCUT2D eigenvalue weighted by Gasteiger charge is 2.49. The lowest BCUT2D eigenvalue weighted by atomic mass is 9.65. The Kier molecular flexibility index (Phi) is 8.30. The number of hydrogen-bond donors (Lipinski definition) is 0. The van der Waals surface area contributed by atoms with E-state index < -0.39 is 5.41 Å². The van der Waals surface area contributed by atoms with Gasteiger partial charge in [-0.3, -0.25) is 0 Å². The molecule has 0 N–H and O–H groups in total. The minimum absolute atomic E-state index is 0.610. The maximum atomic E-state index is 2.58. The molecule has 0 fully saturated rings. The van der Waals surface area contributed by atoms with E-state index in [-0.39, 0.29) is 0 Å². The number of fused-ring (bicyclic) bond motifs is 13. The van der Waals surface area contributed by atoms with Crippen molar-refractivity contribution in [3.63, 3.8) is 0 Å². The van der Waals surface area contributed by atoms with E-state index in [9.17, 15) is 0 Å². The topological polar surface area (TPSA) is 0 Å². The van der Waals surface area contributed by atoms with Crippen LogP contribution in [0.1, 0.15) is 22.3 Å². The summed E-state index contributed by atoms with van der Waals surface area (Å²) in [6.45, 7) is 0. The van der Waals surface area contributed by atoms with Crippen molar-refractivity contribution in [3.05, 3.63) is 277 Å². The highest BCUT2D eigenvalue weighted by molar-refractivity contribution is 6.26. The molecule has 0 nitrogen and oxygen atoms in total. The van der Waals surface area contributed by atoms with Crippen LogP contribution in [0, 0.1) is 0 Å². The van der Waals surface area contributed by atoms with Crippen molar-refractivity contribution in [1.29, 1.82) is 0 Å². The maximum absolute atomic E-state index is 2.58. The Balaban J connectivity index is 1.11. The van der Waals surface area contributed by atoms with Crippen LogP contribution in [0.4, 0.5) is 0 Å². The van der Waals surface area contributed by atoms with Crippen molar-refractivity contribution in [2.24, 2.45) is 0 Å². The van der Waals surface area contributed by atoms with E-state index in [1.807, 2.05) is 0 Å². The van der Waals surface area contributed by atoms with Crippen LogP contribution in [0.3, 0.4) is 0 Å². The zero-order valence-corrected chi connectivity index (χ0v) is 36.7. The van der Waals surface area contributed by atoms with E-state index in [1.54, 1.807) is 0 Å². The zero-order chi connectivity index (χ0) is 44.1. The molecule has 1 aliphatic rings. The minimum atomic E-state index is -0.610. The smallest absolute Gasteiger partial charge is 0.0622 e. The molecule has 0 spiro atoms. The number of benzene rings is 13. The summed E-state index contributed by atoms with van der Waals surface area (Å²) in [5.41, 5.74) is 14.7. The number of rotatable bonds is 5. The van der Waals surface area contributed by atoms with Crippen molar-refractivity contribution < 1.29 is 0 Å². The van der Waals surface area contributed by atoms with Gasteiger partial charge >= 0.3 is 0 Å². The Labute approximate surface area is 389 Å². The van der Waals surface area contributed by atoms with Crippen LogP contribution in [0.15, 0.2) is 255 Å². The summed E-state index contributed by atoms with van der Waals surface area (Å²) in [5.74, 6) is 0. The van der Waals surface area contributed by atoms with Crippen LogP contribution < -0.4 is 0 Å². The van der Waals surface area contributed by atoms with Gasteiger partial charge in [0, 0.05) is 0 Å². The zero-order valence-electron chi connectivity index (χ0n) is 36.7. The fourth-order valence-corrected chi connectivity index (χ4v) is 12.3. The van der Waals surface area contributed by atoms with Gasteiger partial charge in [-0.25, -0.2) is 0 Å². The predicted molar refractivity (Wildman–Crippen MR) is 285 cm³/mol. The Morgan fingerprint density at radius 1 is 0.209 bits per heavy atom. The van der Waals surface area contributed by atoms with Crippen molar-refractivity contribution >= 4 is 64.6 Å². The molecule has 1 aliphatic carbocycles. The lowest BCUT2D eigenvalue weighted by Crippen LogP contribution is -2.29. The van der Waals surface area contributed by atoms with E-state index in [0.717, 1.165) is 0 Å². The van der Waals surface area contributed by atoms with Gasteiger partial charge in [0.2, 0.25) is 0 Å². The first-order valence-electron chi connectivity index (χ1n) is 23.4. The maximum Gasteiger partial charge on any atom is 0.0725 e. The molecule has 0 saturated carbocycles. The fraction of sp³-hybridized carbons (Fsp3) is 0.0149. The van der Waals surface area contributed by atoms with E-state index in [2.05, 4.69) is 255 Å². The molecule has 0 aromatic heterocycles. The van der Waals surface area contributed by atoms with Gasteiger partial charge in [-0.1, -0.05) is 249 Å². The van der Waals surface area contributed by atoms with E-state index in [4.69, 9.17) is 0 Å². The molecule has 14 rings (SSSR count). The molecule has 0 saturated heterocycles. The summed E-state index contributed by atoms with van der Waals surface area (Å²) in [6.07, 6.45) is 0. The second-order valence-electron chi connectivity index (χ2n) is 18.2. The molecule has 0 atom stereocenters. The molecular weight excluding hydrogens is 805 g/mol. The molecule has 13 aromatic carbocycles. The summed E-state index contributed by atoms with van der Waals surface area (Å²) in [6, 6.07) is 95.4. The lowest BCUT2D eigenvalue weighted by Gasteiger charge is -2.36. The monoisotopic (exact) mass is 846 g/mol. The summed E-state index contributed by atoms with van der Waals surface area (Å²) in [5, 5.41) is 15.2. The first kappa shape index (κ1) is 37.8. The largest absolute Gasteiger partial charge is 0.0725 e. The van der Waals surface area contributed by atoms with Crippen molar-refractivity contribution in [2.75, 3.05) is 0 Å². The molecular formula is C67H42. The molecule has 0 unspecified atom stereocenters. The van der Waals surface area contributed by atoms with E-state index in [1.165, 1.54) is 131 Å². The van der Waals surface area contributed by atoms with Gasteiger partial charge in [-0.2, -0.15) is 0 Å². The Hall–Kier alpha value is -8.58. The van der Waals surface area contributed by atoms with Gasteiger partial charge in [-0.05, 0) is 137 Å². The predicted octanol–water partition coefficient (Wildman–Crippen LogP) is 18.0. The van der Waals surface area contributed by atoms with Gasteiger partial charge in [0.05, 0.1) is 5.41 Å². The van der Waals surface area contributed by atoms with Gasteiger partial charge in [0.15, 0.2) is 0 Å². The third-order valence-corrected chi connectivity index (χ3v) is 14.9. The summed E-state index contributed by atoms with van der Waals surface area (Å²) >= 11 is 0. The summed E-state index contributed by atoms with van der Waals surface area (Å²) in [4.78, 5) is 0. The second-order valence-corrected chi connectivity index (χ2v) is 18.2. The molecule has 67 heavy (non-hydrogen) atoms. The third-order valence-electron chi connectivity index (χ3n) is 14.9. The third kappa shape index (κ3) is 5.36. The molecule has 0 aliphatic heterocycles. The van der Waals surface area contributed by atoms with Gasteiger partial charge in [-0.15, -0.1) is 0 Å². The molecule has 0 bridgehead atoms. The molecule has 0 radical (unpaired) electrons. The second kappa shape index (κ2) is 14.7. The fourth-order valence-electron chi connectivity index (χ4n) is 12.3. The Bertz CT molecular complexity index is 4020. The van der Waals surface area contributed by atoms with E-state index >= 15 is 0 Å². The molecule has 0 amide bonds. The lowest BCUT2D eigenvalue weighted by molar-refractivity contribution is 0.783. The van der Waals surface area contributed by atoms with Gasteiger partial charge < -0.3 is 0 Å². The van der Waals surface area contributed by atoms with Crippen LogP contribution in [-0.4, -0.2) is 0 Å². The first-order chi connectivity index (χ1) is 33.3. The average molecular weight is 847 g/mol. The Morgan fingerprint density at radius 3 is 1.19 bits per heavy atom. The van der Waals surface area contributed by atoms with Crippen LogP contribution in [-0.2, 0) is 5.41 Å². The average Bonchev–Trinajstić information content (AvgIpc) is 3.73. The van der Waals surface area contributed by atoms with Gasteiger partial charge in [0.1, 0.15) is 0 Å². The van der Waals surface area contributed by atoms with E-state index in [0.29, 0.717) is 0 Å². The van der Waals surface area contributed by atoms with Gasteiger partial charge in [0.25, 0.3) is 0 Å². The standard InChI is InChI=1S/C67H42/c1-3-22-46(23-4-1)67(47-24-5-2-6-25-47)65-58-35-17-11-29-52(58)60(42-61(65)64-53-30-12-9-27-50(53)51-28-10-18-36-59(51)66(64)67)63-56-33-15-13-31-54(56)62(55-32-14-16-34-57(55)63)45-40-38-44(39-41-45)49-37-19-21-43-20-7-8-26-48(43)49/h1-42H. The normalized spacial score (nSPS) is 12.9. The highest BCUT2D eigenvalue weighted by atomic mass is 14.5. The highest BCUT2D eigenvalue weighted by Crippen LogP contribution is 2.63. The van der Waals surface area contributed by atoms with Crippen molar-refractivity contribution in [3.8, 4) is 44.5 Å². The number of hydrogen-bond acceptors (Lipinski definition) is 0. The van der Waals surface area contributed by atoms with Crippen molar-refractivity contribution in [2.45, 2.75) is 5.41 Å². The van der Waals surface area contributed by atoms with Crippen LogP contribution in [0.25, 0.3) is 109 Å². The molecule has 13 aromatic rings. The van der Waals surface area contributed by atoms with Crippen LogP contribution >= 0.6 is 0 Å². The molecule has 0 heterocycles. The summed E-state index contributed by atoms with van der Waals surface area (Å²) in [7, 11) is 0. The first-order valence-corrected chi connectivity index (χ1v) is 23.4. The minimum Gasteiger partial charge on any atom is -0.0622 e.